The van der Waals surface area contributed by atoms with E-state index in [0.717, 1.165) is 29.4 Å². The minimum atomic E-state index is -4.62. The molecule has 5 nitrogen and oxygen atoms in total. The molecule has 0 fully saturated rings. The van der Waals surface area contributed by atoms with Crippen LogP contribution in [0, 0.1) is 5.82 Å². The van der Waals surface area contributed by atoms with Gasteiger partial charge < -0.3 is 0 Å². The predicted molar refractivity (Wildman–Crippen MR) is 90.6 cm³/mol. The molecule has 27 heavy (non-hydrogen) atoms. The Kier molecular flexibility index (Phi) is 3.31. The minimum Gasteiger partial charge on any atom is -0.284 e. The van der Waals surface area contributed by atoms with Crippen molar-refractivity contribution in [2.75, 3.05) is 0 Å². The number of nitrogens with zero attached hydrogens (tertiary/aromatic N) is 3. The number of hydrogen-bond acceptors (Lipinski definition) is 3. The third-order valence-electron chi connectivity index (χ3n) is 5.12. The van der Waals surface area contributed by atoms with Gasteiger partial charge in [-0.05, 0) is 36.8 Å². The number of nitrogens with one attached hydrogen (secondary N) is 2. The van der Waals surface area contributed by atoms with Crippen LogP contribution in [0.5, 0.6) is 0 Å². The normalized spacial score (nSPS) is 14.8. The van der Waals surface area contributed by atoms with E-state index in [1.54, 1.807) is 6.20 Å². The summed E-state index contributed by atoms with van der Waals surface area (Å²) in [7, 11) is 0. The lowest BCUT2D eigenvalue weighted by molar-refractivity contribution is -0.140. The maximum absolute atomic E-state index is 14.8. The van der Waals surface area contributed by atoms with Gasteiger partial charge >= 0.3 is 6.18 Å². The van der Waals surface area contributed by atoms with Crippen LogP contribution in [0.15, 0.2) is 18.5 Å². The lowest BCUT2D eigenvalue weighted by Crippen LogP contribution is -2.12. The van der Waals surface area contributed by atoms with Gasteiger partial charge in [0.15, 0.2) is 11.5 Å². The summed E-state index contributed by atoms with van der Waals surface area (Å²) in [4.78, 5) is 4.36. The number of fused-ring (bicyclic) bond motifs is 5. The Hall–Kier alpha value is -2.97. The van der Waals surface area contributed by atoms with Crippen molar-refractivity contribution in [1.82, 2.24) is 25.4 Å². The molecule has 1 aliphatic carbocycles. The highest BCUT2D eigenvalue weighted by molar-refractivity contribution is 6.08. The fourth-order valence-electron chi connectivity index (χ4n) is 3.99. The molecule has 5 rings (SSSR count). The molecule has 4 aromatic rings. The highest BCUT2D eigenvalue weighted by Crippen LogP contribution is 2.41. The number of aromatic amines is 2. The summed E-state index contributed by atoms with van der Waals surface area (Å²) in [6, 6.07) is 1.27. The Balaban J connectivity index is 1.91. The second-order valence-electron chi connectivity index (χ2n) is 6.68. The minimum absolute atomic E-state index is 0.0638. The number of aromatic nitrogens is 5. The zero-order chi connectivity index (χ0) is 18.8. The number of hydrogen-bond donors (Lipinski definition) is 2. The number of aryl methyl sites for hydroxylation is 1. The molecular weight excluding hydrogens is 362 g/mol. The summed E-state index contributed by atoms with van der Waals surface area (Å²) in [5, 5.41) is 13.7. The molecule has 0 saturated carbocycles. The lowest BCUT2D eigenvalue weighted by atomic mass is 9.85. The SMILES string of the molecule is Fc1cc2[nH]ncc2c2c3c(c(-c4c[nH]nc4C(F)(F)F)nc12)CCCC3. The van der Waals surface area contributed by atoms with Crippen LogP contribution in [0.2, 0.25) is 0 Å². The van der Waals surface area contributed by atoms with Gasteiger partial charge in [-0.15, -0.1) is 0 Å². The third kappa shape index (κ3) is 2.34. The van der Waals surface area contributed by atoms with Crippen molar-refractivity contribution in [2.24, 2.45) is 0 Å². The van der Waals surface area contributed by atoms with Gasteiger partial charge in [-0.25, -0.2) is 9.37 Å². The van der Waals surface area contributed by atoms with Gasteiger partial charge in [-0.2, -0.15) is 23.4 Å². The van der Waals surface area contributed by atoms with Gasteiger partial charge in [-0.3, -0.25) is 10.2 Å². The lowest BCUT2D eigenvalue weighted by Gasteiger charge is -2.22. The van der Waals surface area contributed by atoms with E-state index < -0.39 is 17.7 Å². The number of alkyl halides is 3. The smallest absolute Gasteiger partial charge is 0.284 e. The van der Waals surface area contributed by atoms with E-state index >= 15 is 0 Å². The number of pyridine rings is 1. The first-order chi connectivity index (χ1) is 12.9. The highest BCUT2D eigenvalue weighted by atomic mass is 19.4. The number of rotatable bonds is 1. The quantitative estimate of drug-likeness (QED) is 0.480. The van der Waals surface area contributed by atoms with Gasteiger partial charge in [0, 0.05) is 23.0 Å². The Bertz CT molecular complexity index is 1190. The molecule has 1 aliphatic rings. The average Bonchev–Trinajstić information content (AvgIpc) is 3.29. The van der Waals surface area contributed by atoms with Gasteiger partial charge in [0.25, 0.3) is 0 Å². The van der Waals surface area contributed by atoms with Crippen LogP contribution in [0.1, 0.15) is 29.7 Å². The zero-order valence-corrected chi connectivity index (χ0v) is 13.9. The number of benzene rings is 1. The van der Waals surface area contributed by atoms with Crippen LogP contribution in [0.4, 0.5) is 17.6 Å². The zero-order valence-electron chi connectivity index (χ0n) is 13.9. The molecule has 0 aliphatic heterocycles. The third-order valence-corrected chi connectivity index (χ3v) is 5.12. The first-order valence-electron chi connectivity index (χ1n) is 8.53. The van der Waals surface area contributed by atoms with E-state index in [1.165, 1.54) is 12.3 Å². The van der Waals surface area contributed by atoms with Gasteiger partial charge in [-0.1, -0.05) is 0 Å². The summed E-state index contributed by atoms with van der Waals surface area (Å²) >= 11 is 0. The standard InChI is InChI=1S/C18H13F4N5/c19-12-5-13-10(6-23-26-13)14-8-3-1-2-4-9(8)15(25-16(12)14)11-7-24-27-17(11)18(20,21)22/h5-7H,1-4H2,(H,23,26)(H,24,27). The van der Waals surface area contributed by atoms with E-state index in [1.807, 2.05) is 0 Å². The summed E-state index contributed by atoms with van der Waals surface area (Å²) in [6.45, 7) is 0. The first kappa shape index (κ1) is 16.2. The average molecular weight is 375 g/mol. The van der Waals surface area contributed by atoms with E-state index in [9.17, 15) is 17.6 Å². The van der Waals surface area contributed by atoms with Crippen molar-refractivity contribution in [2.45, 2.75) is 31.9 Å². The Morgan fingerprint density at radius 1 is 1.07 bits per heavy atom. The van der Waals surface area contributed by atoms with E-state index in [-0.39, 0.29) is 16.8 Å². The first-order valence-corrected chi connectivity index (χ1v) is 8.53. The topological polar surface area (TPSA) is 70.2 Å². The molecule has 9 heteroatoms. The highest BCUT2D eigenvalue weighted by Gasteiger charge is 2.38. The van der Waals surface area contributed by atoms with Crippen LogP contribution >= 0.6 is 0 Å². The van der Waals surface area contributed by atoms with E-state index in [0.29, 0.717) is 23.7 Å². The monoisotopic (exact) mass is 375 g/mol. The molecule has 0 bridgehead atoms. The summed E-state index contributed by atoms with van der Waals surface area (Å²) in [5.41, 5.74) is 1.16. The molecular formula is C18H13F4N5. The molecule has 138 valence electrons. The van der Waals surface area contributed by atoms with Crippen molar-refractivity contribution in [3.8, 4) is 11.3 Å². The van der Waals surface area contributed by atoms with Crippen LogP contribution in [-0.4, -0.2) is 25.4 Å². The molecule has 2 N–H and O–H groups in total. The number of halogens is 4. The molecule has 0 saturated heterocycles. The van der Waals surface area contributed by atoms with Crippen molar-refractivity contribution >= 4 is 21.8 Å². The summed E-state index contributed by atoms with van der Waals surface area (Å²) in [5.74, 6) is -0.589. The Morgan fingerprint density at radius 3 is 2.63 bits per heavy atom. The van der Waals surface area contributed by atoms with Crippen molar-refractivity contribution in [3.63, 3.8) is 0 Å². The molecule has 1 aromatic carbocycles. The van der Waals surface area contributed by atoms with E-state index in [4.69, 9.17) is 0 Å². The van der Waals surface area contributed by atoms with E-state index in [2.05, 4.69) is 25.4 Å². The molecule has 3 aromatic heterocycles. The molecule has 0 amide bonds. The second-order valence-corrected chi connectivity index (χ2v) is 6.68. The van der Waals surface area contributed by atoms with Crippen molar-refractivity contribution in [3.05, 3.63) is 41.1 Å². The Morgan fingerprint density at radius 2 is 1.85 bits per heavy atom. The number of H-pyrrole nitrogens is 2. The summed E-state index contributed by atoms with van der Waals surface area (Å²) < 4.78 is 54.9. The maximum atomic E-state index is 14.8. The van der Waals surface area contributed by atoms with Crippen LogP contribution in [0.25, 0.3) is 33.1 Å². The fourth-order valence-corrected chi connectivity index (χ4v) is 3.99. The van der Waals surface area contributed by atoms with Gasteiger partial charge in [0.05, 0.1) is 23.0 Å². The van der Waals surface area contributed by atoms with Crippen molar-refractivity contribution < 1.29 is 17.6 Å². The second kappa shape index (κ2) is 5.51. The maximum Gasteiger partial charge on any atom is 0.435 e. The van der Waals surface area contributed by atoms with Crippen LogP contribution in [0.3, 0.4) is 0 Å². The predicted octanol–water partition coefficient (Wildman–Crippen LogP) is 4.54. The molecule has 0 radical (unpaired) electrons. The van der Waals surface area contributed by atoms with Crippen molar-refractivity contribution in [1.29, 1.82) is 0 Å². The van der Waals surface area contributed by atoms with Crippen LogP contribution in [-0.2, 0) is 19.0 Å². The molecule has 3 heterocycles. The molecule has 0 spiro atoms. The summed E-state index contributed by atoms with van der Waals surface area (Å²) in [6.07, 6.45) is 1.14. The fraction of sp³-hybridized carbons (Fsp3) is 0.278. The molecule has 0 atom stereocenters. The Labute approximate surface area is 149 Å². The van der Waals surface area contributed by atoms with Gasteiger partial charge in [0.1, 0.15) is 5.52 Å². The van der Waals surface area contributed by atoms with Crippen LogP contribution < -0.4 is 0 Å². The van der Waals surface area contributed by atoms with Gasteiger partial charge in [0.2, 0.25) is 0 Å². The largest absolute Gasteiger partial charge is 0.435 e. The molecule has 0 unspecified atom stereocenters.